The third-order valence-corrected chi connectivity index (χ3v) is 4.20. The Morgan fingerprint density at radius 3 is 2.00 bits per heavy atom. The second-order valence-corrected chi connectivity index (χ2v) is 5.82. The molecule has 1 heterocycles. The number of allylic oxidation sites excluding steroid dienone is 1. The maximum Gasteiger partial charge on any atom is 0.143 e. The van der Waals surface area contributed by atoms with Gasteiger partial charge in [0.15, 0.2) is 0 Å². The number of hydrogen-bond acceptors (Lipinski definition) is 1. The van der Waals surface area contributed by atoms with Gasteiger partial charge < -0.3 is 4.74 Å². The van der Waals surface area contributed by atoms with Crippen LogP contribution in [0.25, 0.3) is 0 Å². The smallest absolute Gasteiger partial charge is 0.143 e. The van der Waals surface area contributed by atoms with Gasteiger partial charge in [0.05, 0.1) is 14.4 Å². The Morgan fingerprint density at radius 1 is 1.40 bits per heavy atom. The summed E-state index contributed by atoms with van der Waals surface area (Å²) in [7, 11) is 1.18. The predicted octanol–water partition coefficient (Wildman–Crippen LogP) is 3.50. The molecule has 0 spiro atoms. The van der Waals surface area contributed by atoms with Crippen molar-refractivity contribution in [1.29, 1.82) is 0 Å². The van der Waals surface area contributed by atoms with Gasteiger partial charge in [0.1, 0.15) is 5.50 Å². The van der Waals surface area contributed by atoms with Crippen LogP contribution >= 0.6 is 18.5 Å². The lowest BCUT2D eigenvalue weighted by Crippen LogP contribution is -2.00. The molecule has 0 bridgehead atoms. The zero-order valence-electron chi connectivity index (χ0n) is 6.73. The first kappa shape index (κ1) is 8.36. The van der Waals surface area contributed by atoms with Gasteiger partial charge in [-0.25, -0.2) is 0 Å². The molecule has 0 amide bonds. The van der Waals surface area contributed by atoms with Crippen LogP contribution in [0.3, 0.4) is 0 Å². The largest absolute Gasteiger partial charge is 0.495 e. The van der Waals surface area contributed by atoms with E-state index in [0.29, 0.717) is 0 Å². The molecule has 1 aliphatic heterocycles. The summed E-state index contributed by atoms with van der Waals surface area (Å²) in [6, 6.07) is 0. The molecule has 0 aliphatic carbocycles. The summed E-state index contributed by atoms with van der Waals surface area (Å²) in [5, 5.41) is 1.31. The molecule has 1 aliphatic rings. The molecule has 0 unspecified atom stereocenters. The molecule has 1 nitrogen and oxygen atoms in total. The quantitative estimate of drug-likeness (QED) is 0.559. The van der Waals surface area contributed by atoms with E-state index in [2.05, 4.69) is 20.8 Å². The highest BCUT2D eigenvalue weighted by Crippen LogP contribution is 2.77. The summed E-state index contributed by atoms with van der Waals surface area (Å²) in [6.07, 6.45) is 0. The molecule has 3 heteroatoms. The van der Waals surface area contributed by atoms with Crippen molar-refractivity contribution in [3.05, 3.63) is 10.8 Å². The molecule has 0 aromatic carbocycles. The lowest BCUT2D eigenvalue weighted by Gasteiger charge is -2.11. The number of ether oxygens (including phenoxy) is 1. The summed E-state index contributed by atoms with van der Waals surface area (Å²) in [5.74, 6) is 0. The Hall–Kier alpha value is 0.260. The fourth-order valence-corrected chi connectivity index (χ4v) is 4.01. The van der Waals surface area contributed by atoms with Crippen molar-refractivity contribution in [3.8, 4) is 0 Å². The van der Waals surface area contributed by atoms with Crippen LogP contribution in [0, 0.1) is 5.41 Å². The van der Waals surface area contributed by atoms with Gasteiger partial charge >= 0.3 is 0 Å². The molecule has 10 heavy (non-hydrogen) atoms. The van der Waals surface area contributed by atoms with Crippen molar-refractivity contribution < 1.29 is 4.74 Å². The van der Waals surface area contributed by atoms with Gasteiger partial charge in [-0.1, -0.05) is 32.0 Å². The van der Waals surface area contributed by atoms with Gasteiger partial charge in [-0.15, -0.1) is 0 Å². The molecule has 0 saturated heterocycles. The fraction of sp³-hybridized carbons (Fsp3) is 0.714. The van der Waals surface area contributed by atoms with Crippen molar-refractivity contribution in [3.63, 3.8) is 0 Å². The van der Waals surface area contributed by atoms with Crippen LogP contribution in [-0.4, -0.2) is 7.11 Å². The lowest BCUT2D eigenvalue weighted by molar-refractivity contribution is 0.323. The fourth-order valence-electron chi connectivity index (χ4n) is 0.923. The number of hydrogen-bond donors (Lipinski definition) is 0. The van der Waals surface area contributed by atoms with E-state index in [-0.39, 0.29) is 5.41 Å². The van der Waals surface area contributed by atoms with Crippen molar-refractivity contribution in [1.82, 2.24) is 0 Å². The van der Waals surface area contributed by atoms with Crippen LogP contribution in [0.1, 0.15) is 20.8 Å². The minimum Gasteiger partial charge on any atom is -0.495 e. The van der Waals surface area contributed by atoms with Crippen LogP contribution in [0.5, 0.6) is 0 Å². The second-order valence-electron chi connectivity index (χ2n) is 3.39. The summed E-state index contributed by atoms with van der Waals surface area (Å²) in [5.41, 5.74) is 1.24. The van der Waals surface area contributed by atoms with Crippen molar-refractivity contribution in [2.24, 2.45) is 5.41 Å². The summed E-state index contributed by atoms with van der Waals surface area (Å²) in [6.45, 7) is 6.48. The van der Waals surface area contributed by atoms with Gasteiger partial charge in [0.25, 0.3) is 0 Å². The predicted molar refractivity (Wildman–Crippen MR) is 46.3 cm³/mol. The maximum absolute atomic E-state index is 5.97. The van der Waals surface area contributed by atoms with Crippen LogP contribution in [-0.2, 0) is 4.74 Å². The number of rotatable bonds is 1. The maximum atomic E-state index is 5.97. The summed E-state index contributed by atoms with van der Waals surface area (Å²) < 4.78 is 5.09. The minimum atomic E-state index is -0.502. The third-order valence-electron chi connectivity index (χ3n) is 1.43. The first-order valence-corrected chi connectivity index (χ1v) is 5.48. The minimum absolute atomic E-state index is 0.207. The molecule has 0 aromatic rings. The Bertz CT molecular complexity index is 181. The van der Waals surface area contributed by atoms with Crippen LogP contribution in [0.4, 0.5) is 0 Å². The highest BCUT2D eigenvalue weighted by Gasteiger charge is 2.44. The van der Waals surface area contributed by atoms with E-state index in [0.717, 1.165) is 5.50 Å². The second kappa shape index (κ2) is 2.39. The van der Waals surface area contributed by atoms with Crippen LogP contribution < -0.4 is 0 Å². The highest BCUT2D eigenvalue weighted by molar-refractivity contribution is 7.96. The van der Waals surface area contributed by atoms with Gasteiger partial charge in [-0.2, -0.15) is 0 Å². The molecule has 1 atom stereocenters. The lowest BCUT2D eigenvalue weighted by atomic mass is 9.97. The first-order chi connectivity index (χ1) is 4.48. The molecule has 0 N–H and O–H groups in total. The normalized spacial score (nSPS) is 25.1. The SMILES string of the molecule is COC1=C(C(C)(C)C)[P@]1Cl. The van der Waals surface area contributed by atoms with E-state index in [9.17, 15) is 0 Å². The molecule has 58 valence electrons. The zero-order chi connectivity index (χ0) is 7.94. The average Bonchev–Trinajstić information content (AvgIpc) is 2.39. The van der Waals surface area contributed by atoms with Gasteiger partial charge in [-0.3, -0.25) is 0 Å². The molecule has 0 fully saturated rings. The average molecular weight is 179 g/mol. The standard InChI is InChI=1S/C7H12ClOP/c1-7(2,3)5-6(9-4)10(5)8/h1-4H3/t10-/m0/s1. The van der Waals surface area contributed by atoms with Crippen LogP contribution in [0.2, 0.25) is 0 Å². The first-order valence-electron chi connectivity index (χ1n) is 3.23. The Kier molecular flexibility index (Phi) is 2.00. The molecule has 0 aromatic heterocycles. The Balaban J connectivity index is 2.69. The third kappa shape index (κ3) is 1.31. The molecule has 0 radical (unpaired) electrons. The van der Waals surface area contributed by atoms with E-state index in [1.165, 1.54) is 5.31 Å². The molecule has 1 rings (SSSR count). The van der Waals surface area contributed by atoms with E-state index in [1.54, 1.807) is 7.11 Å². The number of halogens is 1. The highest BCUT2D eigenvalue weighted by atomic mass is 35.7. The van der Waals surface area contributed by atoms with E-state index < -0.39 is 7.27 Å². The Labute approximate surface area is 67.9 Å². The molecular weight excluding hydrogens is 167 g/mol. The zero-order valence-corrected chi connectivity index (χ0v) is 8.38. The van der Waals surface area contributed by atoms with Gasteiger partial charge in [0.2, 0.25) is 0 Å². The van der Waals surface area contributed by atoms with E-state index >= 15 is 0 Å². The van der Waals surface area contributed by atoms with Gasteiger partial charge in [0, 0.05) is 5.31 Å². The van der Waals surface area contributed by atoms with E-state index in [4.69, 9.17) is 16.0 Å². The van der Waals surface area contributed by atoms with E-state index in [1.807, 2.05) is 0 Å². The Morgan fingerprint density at radius 2 is 1.90 bits per heavy atom. The number of methoxy groups -OCH3 is 1. The monoisotopic (exact) mass is 178 g/mol. The molecular formula is C7H12ClOP. The topological polar surface area (TPSA) is 9.23 Å². The van der Waals surface area contributed by atoms with Crippen molar-refractivity contribution in [2.75, 3.05) is 7.11 Å². The summed E-state index contributed by atoms with van der Waals surface area (Å²) in [4.78, 5) is 0. The van der Waals surface area contributed by atoms with Crippen molar-refractivity contribution in [2.45, 2.75) is 20.8 Å². The van der Waals surface area contributed by atoms with Crippen LogP contribution in [0.15, 0.2) is 10.8 Å². The molecule has 0 saturated carbocycles. The van der Waals surface area contributed by atoms with Gasteiger partial charge in [-0.05, 0) is 5.41 Å². The summed E-state index contributed by atoms with van der Waals surface area (Å²) >= 11 is 5.97. The van der Waals surface area contributed by atoms with Crippen molar-refractivity contribution >= 4 is 18.5 Å².